The van der Waals surface area contributed by atoms with Crippen LogP contribution >= 0.6 is 11.6 Å². The van der Waals surface area contributed by atoms with Crippen molar-refractivity contribution in [3.8, 4) is 0 Å². The summed E-state index contributed by atoms with van der Waals surface area (Å²) in [6.45, 7) is 3.17. The molecule has 3 rings (SSSR count). The van der Waals surface area contributed by atoms with Crippen molar-refractivity contribution in [1.29, 1.82) is 0 Å². The summed E-state index contributed by atoms with van der Waals surface area (Å²) in [7, 11) is -3.23. The van der Waals surface area contributed by atoms with Gasteiger partial charge in [-0.05, 0) is 37.0 Å². The average Bonchev–Trinajstić information content (AvgIpc) is 2.73. The molecule has 1 N–H and O–H groups in total. The molecule has 1 aliphatic rings. The third-order valence-corrected chi connectivity index (χ3v) is 7.89. The Labute approximate surface area is 177 Å². The number of rotatable bonds is 7. The summed E-state index contributed by atoms with van der Waals surface area (Å²) in [6, 6.07) is 13.3. The van der Waals surface area contributed by atoms with Crippen LogP contribution in [0.5, 0.6) is 0 Å². The molecule has 29 heavy (non-hydrogen) atoms. The maximum absolute atomic E-state index is 12.6. The normalized spacial score (nSPS) is 17.0. The van der Waals surface area contributed by atoms with Crippen LogP contribution in [0.3, 0.4) is 0 Å². The topological polar surface area (TPSA) is 79.4 Å². The fourth-order valence-corrected chi connectivity index (χ4v) is 5.56. The minimum atomic E-state index is -3.23. The van der Waals surface area contributed by atoms with E-state index in [2.05, 4.69) is 10.3 Å². The van der Waals surface area contributed by atoms with Gasteiger partial charge in [-0.2, -0.15) is 0 Å². The predicted octanol–water partition coefficient (Wildman–Crippen LogP) is 3.24. The van der Waals surface area contributed by atoms with E-state index in [0.29, 0.717) is 44.5 Å². The van der Waals surface area contributed by atoms with Gasteiger partial charge in [0.25, 0.3) is 5.91 Å². The lowest BCUT2D eigenvalue weighted by Crippen LogP contribution is -2.50. The van der Waals surface area contributed by atoms with Crippen LogP contribution in [0.15, 0.2) is 48.7 Å². The number of carbonyl (C=O) groups excluding carboxylic acids is 1. The molecule has 0 aliphatic carbocycles. The average molecular weight is 436 g/mol. The Kier molecular flexibility index (Phi) is 6.93. The van der Waals surface area contributed by atoms with E-state index in [1.807, 2.05) is 37.3 Å². The second-order valence-electron chi connectivity index (χ2n) is 7.39. The molecular formula is C21H26ClN3O3S. The van der Waals surface area contributed by atoms with Crippen molar-refractivity contribution in [1.82, 2.24) is 14.6 Å². The van der Waals surface area contributed by atoms with E-state index < -0.39 is 10.0 Å². The van der Waals surface area contributed by atoms with Gasteiger partial charge in [0.2, 0.25) is 10.0 Å². The summed E-state index contributed by atoms with van der Waals surface area (Å²) in [6.07, 6.45) is 3.42. The highest BCUT2D eigenvalue weighted by molar-refractivity contribution is 7.89. The second-order valence-corrected chi connectivity index (χ2v) is 9.83. The Balaban J connectivity index is 1.78. The molecule has 2 heterocycles. The number of hydrogen-bond acceptors (Lipinski definition) is 4. The van der Waals surface area contributed by atoms with E-state index in [1.54, 1.807) is 16.4 Å². The standard InChI is InChI=1S/C21H26ClN3O3S/c1-2-15-29(27,28)25-13-10-21(11-14-25,17-7-4-3-5-8-17)16-24-20(26)18-9-6-12-23-19(18)22/h3-9,12H,2,10-11,13-16H2,1H3,(H,24,26). The number of halogens is 1. The number of piperidine rings is 1. The SMILES string of the molecule is CCCS(=O)(=O)N1CCC(CNC(=O)c2cccnc2Cl)(c2ccccc2)CC1. The van der Waals surface area contributed by atoms with Crippen LogP contribution < -0.4 is 5.32 Å². The number of nitrogens with zero attached hydrogens (tertiary/aromatic N) is 2. The third kappa shape index (κ3) is 4.97. The molecule has 0 atom stereocenters. The molecule has 1 aromatic heterocycles. The molecule has 2 aromatic rings. The summed E-state index contributed by atoms with van der Waals surface area (Å²) < 4.78 is 26.5. The van der Waals surface area contributed by atoms with Crippen molar-refractivity contribution in [3.05, 3.63) is 64.9 Å². The number of hydrogen-bond donors (Lipinski definition) is 1. The smallest absolute Gasteiger partial charge is 0.254 e. The van der Waals surface area contributed by atoms with Crippen LogP contribution in [0.25, 0.3) is 0 Å². The molecule has 1 amide bonds. The Bertz CT molecular complexity index is 943. The molecule has 1 aromatic carbocycles. The fraction of sp³-hybridized carbons (Fsp3) is 0.429. The van der Waals surface area contributed by atoms with Crippen LogP contribution in [0.4, 0.5) is 0 Å². The van der Waals surface area contributed by atoms with Crippen LogP contribution in [-0.4, -0.2) is 49.0 Å². The maximum atomic E-state index is 12.6. The van der Waals surface area contributed by atoms with E-state index in [1.165, 1.54) is 6.20 Å². The van der Waals surface area contributed by atoms with E-state index in [9.17, 15) is 13.2 Å². The highest BCUT2D eigenvalue weighted by Crippen LogP contribution is 2.36. The van der Waals surface area contributed by atoms with Gasteiger partial charge in [0.05, 0.1) is 11.3 Å². The van der Waals surface area contributed by atoms with Gasteiger partial charge in [0, 0.05) is 31.2 Å². The molecule has 156 valence electrons. The van der Waals surface area contributed by atoms with Crippen LogP contribution in [0.2, 0.25) is 5.15 Å². The predicted molar refractivity (Wildman–Crippen MR) is 115 cm³/mol. The van der Waals surface area contributed by atoms with Crippen LogP contribution in [0.1, 0.15) is 42.1 Å². The number of nitrogens with one attached hydrogen (secondary N) is 1. The molecule has 0 saturated carbocycles. The minimum absolute atomic E-state index is 0.166. The molecule has 0 unspecified atom stereocenters. The minimum Gasteiger partial charge on any atom is -0.351 e. The summed E-state index contributed by atoms with van der Waals surface area (Å²) in [5.41, 5.74) is 1.11. The molecule has 0 radical (unpaired) electrons. The first kappa shape index (κ1) is 21.7. The Morgan fingerprint density at radius 1 is 1.17 bits per heavy atom. The summed E-state index contributed by atoms with van der Waals surface area (Å²) in [4.78, 5) is 16.6. The van der Waals surface area contributed by atoms with Crippen LogP contribution in [0, 0.1) is 0 Å². The quantitative estimate of drug-likeness (QED) is 0.677. The Morgan fingerprint density at radius 2 is 1.86 bits per heavy atom. The van der Waals surface area contributed by atoms with Crippen LogP contribution in [-0.2, 0) is 15.4 Å². The lowest BCUT2D eigenvalue weighted by Gasteiger charge is -2.42. The zero-order valence-electron chi connectivity index (χ0n) is 16.5. The summed E-state index contributed by atoms with van der Waals surface area (Å²) in [5.74, 6) is -0.110. The first-order chi connectivity index (χ1) is 13.9. The van der Waals surface area contributed by atoms with Crippen molar-refractivity contribution < 1.29 is 13.2 Å². The molecule has 1 saturated heterocycles. The summed E-state index contributed by atoms with van der Waals surface area (Å²) >= 11 is 6.05. The van der Waals surface area contributed by atoms with Gasteiger partial charge in [0.15, 0.2) is 0 Å². The van der Waals surface area contributed by atoms with Crippen molar-refractivity contribution in [3.63, 3.8) is 0 Å². The van der Waals surface area contributed by atoms with E-state index >= 15 is 0 Å². The second kappa shape index (κ2) is 9.24. The van der Waals surface area contributed by atoms with E-state index in [4.69, 9.17) is 11.6 Å². The molecule has 1 aliphatic heterocycles. The highest BCUT2D eigenvalue weighted by atomic mass is 35.5. The van der Waals surface area contributed by atoms with Crippen molar-refractivity contribution >= 4 is 27.5 Å². The number of sulfonamides is 1. The van der Waals surface area contributed by atoms with Crippen molar-refractivity contribution in [2.45, 2.75) is 31.6 Å². The highest BCUT2D eigenvalue weighted by Gasteiger charge is 2.39. The largest absolute Gasteiger partial charge is 0.351 e. The number of carbonyl (C=O) groups is 1. The van der Waals surface area contributed by atoms with E-state index in [-0.39, 0.29) is 22.2 Å². The molecule has 1 fully saturated rings. The van der Waals surface area contributed by atoms with Gasteiger partial charge in [-0.3, -0.25) is 4.79 Å². The number of benzene rings is 1. The third-order valence-electron chi connectivity index (χ3n) is 5.51. The number of amides is 1. The van der Waals surface area contributed by atoms with Gasteiger partial charge >= 0.3 is 0 Å². The maximum Gasteiger partial charge on any atom is 0.254 e. The molecule has 0 bridgehead atoms. The van der Waals surface area contributed by atoms with E-state index in [0.717, 1.165) is 5.56 Å². The van der Waals surface area contributed by atoms with Gasteiger partial charge in [-0.15, -0.1) is 0 Å². The Morgan fingerprint density at radius 3 is 2.48 bits per heavy atom. The molecule has 6 nitrogen and oxygen atoms in total. The molecule has 8 heteroatoms. The lowest BCUT2D eigenvalue weighted by atomic mass is 9.73. The Hall–Kier alpha value is -1.96. The zero-order valence-corrected chi connectivity index (χ0v) is 18.0. The first-order valence-corrected chi connectivity index (χ1v) is 11.8. The van der Waals surface area contributed by atoms with Crippen molar-refractivity contribution in [2.24, 2.45) is 0 Å². The molecular weight excluding hydrogens is 410 g/mol. The number of pyridine rings is 1. The monoisotopic (exact) mass is 435 g/mol. The first-order valence-electron chi connectivity index (χ1n) is 9.80. The lowest BCUT2D eigenvalue weighted by molar-refractivity contribution is 0.0932. The number of aromatic nitrogens is 1. The summed E-state index contributed by atoms with van der Waals surface area (Å²) in [5, 5.41) is 3.16. The van der Waals surface area contributed by atoms with Crippen molar-refractivity contribution in [2.75, 3.05) is 25.4 Å². The van der Waals surface area contributed by atoms with Gasteiger partial charge in [-0.25, -0.2) is 17.7 Å². The van der Waals surface area contributed by atoms with Gasteiger partial charge < -0.3 is 5.32 Å². The zero-order chi connectivity index (χ0) is 20.9. The van der Waals surface area contributed by atoms with Gasteiger partial charge in [-0.1, -0.05) is 48.9 Å². The molecule has 0 spiro atoms. The fourth-order valence-electron chi connectivity index (χ4n) is 3.84. The van der Waals surface area contributed by atoms with Gasteiger partial charge in [0.1, 0.15) is 5.15 Å².